The largest absolute Gasteiger partial charge is 0.323 e. The van der Waals surface area contributed by atoms with Crippen LogP contribution in [-0.2, 0) is 6.42 Å². The molecule has 0 amide bonds. The van der Waals surface area contributed by atoms with Crippen LogP contribution in [-0.4, -0.2) is 0 Å². The predicted octanol–water partition coefficient (Wildman–Crippen LogP) is 4.92. The van der Waals surface area contributed by atoms with Crippen LogP contribution >= 0.6 is 11.3 Å². The van der Waals surface area contributed by atoms with E-state index in [-0.39, 0.29) is 6.04 Å². The Hall–Kier alpha value is -0.340. The van der Waals surface area contributed by atoms with Crippen molar-refractivity contribution in [2.75, 3.05) is 0 Å². The summed E-state index contributed by atoms with van der Waals surface area (Å²) in [6, 6.07) is 4.85. The van der Waals surface area contributed by atoms with E-state index < -0.39 is 0 Å². The highest BCUT2D eigenvalue weighted by Crippen LogP contribution is 2.62. The second kappa shape index (κ2) is 4.84. The zero-order valence-corrected chi connectivity index (χ0v) is 13.4. The molecule has 20 heavy (non-hydrogen) atoms. The van der Waals surface area contributed by atoms with Crippen LogP contribution in [0.15, 0.2) is 12.1 Å². The Morgan fingerprint density at radius 2 is 1.75 bits per heavy atom. The number of thiophene rings is 1. The second-order valence-corrected chi connectivity index (χ2v) is 9.09. The molecule has 1 atom stereocenters. The van der Waals surface area contributed by atoms with Gasteiger partial charge in [0.25, 0.3) is 0 Å². The lowest BCUT2D eigenvalue weighted by atomic mass is 9.48. The summed E-state index contributed by atoms with van der Waals surface area (Å²) >= 11 is 1.94. The molecule has 4 aliphatic rings. The Morgan fingerprint density at radius 1 is 1.15 bits per heavy atom. The highest BCUT2D eigenvalue weighted by Gasteiger charge is 2.51. The standard InChI is InChI=1S/C18H27NS/c1-2-15-3-4-17(20-15)16(19)11-18-8-12-5-13(9-18)7-14(6-12)10-18/h3-4,12-14,16H,2,5-11,19H2,1H3. The van der Waals surface area contributed by atoms with Crippen molar-refractivity contribution in [2.45, 2.75) is 64.3 Å². The van der Waals surface area contributed by atoms with Crippen LogP contribution in [0, 0.1) is 23.2 Å². The van der Waals surface area contributed by atoms with Crippen LogP contribution in [0.2, 0.25) is 0 Å². The van der Waals surface area contributed by atoms with Crippen molar-refractivity contribution in [3.05, 3.63) is 21.9 Å². The SMILES string of the molecule is CCc1ccc(C(N)CC23CC4CC(CC(C4)C2)C3)s1. The maximum atomic E-state index is 6.59. The molecule has 0 aliphatic heterocycles. The Morgan fingerprint density at radius 3 is 2.25 bits per heavy atom. The van der Waals surface area contributed by atoms with E-state index in [9.17, 15) is 0 Å². The van der Waals surface area contributed by atoms with Gasteiger partial charge < -0.3 is 5.73 Å². The highest BCUT2D eigenvalue weighted by molar-refractivity contribution is 7.12. The lowest BCUT2D eigenvalue weighted by Crippen LogP contribution is -2.47. The molecule has 1 aromatic heterocycles. The third-order valence-corrected chi connectivity index (χ3v) is 7.58. The van der Waals surface area contributed by atoms with Crippen molar-refractivity contribution in [1.82, 2.24) is 0 Å². The number of aryl methyl sites for hydroxylation is 1. The lowest BCUT2D eigenvalue weighted by Gasteiger charge is -2.57. The average molecular weight is 289 g/mol. The van der Waals surface area contributed by atoms with Gasteiger partial charge in [-0.3, -0.25) is 0 Å². The Balaban J connectivity index is 1.50. The van der Waals surface area contributed by atoms with Gasteiger partial charge in [-0.25, -0.2) is 0 Å². The van der Waals surface area contributed by atoms with E-state index in [2.05, 4.69) is 19.1 Å². The van der Waals surface area contributed by atoms with Crippen LogP contribution in [0.3, 0.4) is 0 Å². The first-order valence-electron chi connectivity index (χ1n) is 8.50. The molecule has 4 bridgehead atoms. The minimum Gasteiger partial charge on any atom is -0.323 e. The molecule has 1 aromatic rings. The number of hydrogen-bond acceptors (Lipinski definition) is 2. The fourth-order valence-corrected chi connectivity index (χ4v) is 6.84. The average Bonchev–Trinajstić information content (AvgIpc) is 2.85. The molecule has 5 rings (SSSR count). The summed E-state index contributed by atoms with van der Waals surface area (Å²) in [5.74, 6) is 3.13. The minimum atomic E-state index is 0.288. The molecule has 110 valence electrons. The van der Waals surface area contributed by atoms with Crippen LogP contribution in [0.4, 0.5) is 0 Å². The maximum absolute atomic E-state index is 6.59. The summed E-state index contributed by atoms with van der Waals surface area (Å²) in [4.78, 5) is 2.92. The fourth-order valence-electron chi connectivity index (χ4n) is 5.89. The fraction of sp³-hybridized carbons (Fsp3) is 0.778. The molecule has 0 radical (unpaired) electrons. The molecular formula is C18H27NS. The molecule has 0 saturated heterocycles. The van der Waals surface area contributed by atoms with E-state index in [0.717, 1.165) is 24.2 Å². The zero-order valence-electron chi connectivity index (χ0n) is 12.6. The van der Waals surface area contributed by atoms with Crippen molar-refractivity contribution < 1.29 is 0 Å². The number of rotatable bonds is 4. The molecular weight excluding hydrogens is 262 g/mol. The van der Waals surface area contributed by atoms with E-state index in [1.165, 1.54) is 54.7 Å². The first kappa shape index (κ1) is 13.3. The molecule has 4 saturated carbocycles. The Kier molecular flexibility index (Phi) is 3.23. The van der Waals surface area contributed by atoms with Crippen molar-refractivity contribution in [3.8, 4) is 0 Å². The van der Waals surface area contributed by atoms with Gasteiger partial charge in [-0.15, -0.1) is 11.3 Å². The molecule has 2 N–H and O–H groups in total. The summed E-state index contributed by atoms with van der Waals surface area (Å²) in [5, 5.41) is 0. The van der Waals surface area contributed by atoms with Gasteiger partial charge in [0.05, 0.1) is 0 Å². The van der Waals surface area contributed by atoms with Gasteiger partial charge in [-0.2, -0.15) is 0 Å². The van der Waals surface area contributed by atoms with Crippen LogP contribution in [0.5, 0.6) is 0 Å². The summed E-state index contributed by atoms with van der Waals surface area (Å²) in [6.45, 7) is 2.24. The third-order valence-electron chi connectivity index (χ3n) is 6.21. The zero-order chi connectivity index (χ0) is 13.7. The maximum Gasteiger partial charge on any atom is 0.0395 e. The molecule has 0 aromatic carbocycles. The third kappa shape index (κ3) is 2.25. The van der Waals surface area contributed by atoms with E-state index in [1.807, 2.05) is 11.3 Å². The van der Waals surface area contributed by atoms with E-state index in [1.54, 1.807) is 0 Å². The first-order chi connectivity index (χ1) is 9.66. The van der Waals surface area contributed by atoms with Crippen LogP contribution in [0.1, 0.15) is 67.7 Å². The van der Waals surface area contributed by atoms with Gasteiger partial charge in [0, 0.05) is 15.8 Å². The smallest absolute Gasteiger partial charge is 0.0395 e. The Bertz CT molecular complexity index is 454. The molecule has 4 fully saturated rings. The summed E-state index contributed by atoms with van der Waals surface area (Å²) < 4.78 is 0. The minimum absolute atomic E-state index is 0.288. The Labute approximate surface area is 127 Å². The van der Waals surface area contributed by atoms with Crippen molar-refractivity contribution >= 4 is 11.3 Å². The van der Waals surface area contributed by atoms with E-state index >= 15 is 0 Å². The quantitative estimate of drug-likeness (QED) is 0.836. The van der Waals surface area contributed by atoms with Gasteiger partial charge in [0.15, 0.2) is 0 Å². The van der Waals surface area contributed by atoms with Crippen molar-refractivity contribution in [2.24, 2.45) is 28.9 Å². The first-order valence-corrected chi connectivity index (χ1v) is 9.31. The van der Waals surface area contributed by atoms with Gasteiger partial charge in [-0.1, -0.05) is 6.92 Å². The molecule has 2 heteroatoms. The molecule has 1 unspecified atom stereocenters. The lowest BCUT2D eigenvalue weighted by molar-refractivity contribution is -0.0603. The van der Waals surface area contributed by atoms with Crippen molar-refractivity contribution in [1.29, 1.82) is 0 Å². The molecule has 0 spiro atoms. The summed E-state index contributed by atoms with van der Waals surface area (Å²) in [5.41, 5.74) is 7.21. The number of hydrogen-bond donors (Lipinski definition) is 1. The monoisotopic (exact) mass is 289 g/mol. The van der Waals surface area contributed by atoms with Gasteiger partial charge >= 0.3 is 0 Å². The summed E-state index contributed by atoms with van der Waals surface area (Å²) in [7, 11) is 0. The van der Waals surface area contributed by atoms with Crippen molar-refractivity contribution in [3.63, 3.8) is 0 Å². The van der Waals surface area contributed by atoms with E-state index in [4.69, 9.17) is 5.73 Å². The molecule has 1 heterocycles. The van der Waals surface area contributed by atoms with Gasteiger partial charge in [0.1, 0.15) is 0 Å². The molecule has 1 nitrogen and oxygen atoms in total. The normalized spacial score (nSPS) is 40.2. The van der Waals surface area contributed by atoms with Gasteiger partial charge in [0.2, 0.25) is 0 Å². The number of nitrogens with two attached hydrogens (primary N) is 1. The van der Waals surface area contributed by atoms with Gasteiger partial charge in [-0.05, 0) is 86.7 Å². The topological polar surface area (TPSA) is 26.0 Å². The highest BCUT2D eigenvalue weighted by atomic mass is 32.1. The predicted molar refractivity (Wildman–Crippen MR) is 85.8 cm³/mol. The summed E-state index contributed by atoms with van der Waals surface area (Å²) in [6.07, 6.45) is 11.5. The second-order valence-electron chi connectivity index (χ2n) is 7.89. The van der Waals surface area contributed by atoms with Crippen LogP contribution < -0.4 is 5.73 Å². The molecule has 4 aliphatic carbocycles. The van der Waals surface area contributed by atoms with E-state index in [0.29, 0.717) is 5.41 Å². The van der Waals surface area contributed by atoms with Crippen LogP contribution in [0.25, 0.3) is 0 Å².